The average molecular weight is 315 g/mol. The van der Waals surface area contributed by atoms with Gasteiger partial charge >= 0.3 is 0 Å². The molecule has 0 aliphatic rings. The maximum absolute atomic E-state index is 13.3. The van der Waals surface area contributed by atoms with E-state index in [0.29, 0.717) is 22.5 Å². The highest BCUT2D eigenvalue weighted by Gasteiger charge is 2.18. The Kier molecular flexibility index (Phi) is 3.77. The second-order valence-electron chi connectivity index (χ2n) is 4.96. The van der Waals surface area contributed by atoms with Crippen LogP contribution in [0, 0.1) is 12.7 Å². The molecule has 3 rings (SSSR count). The van der Waals surface area contributed by atoms with Gasteiger partial charge in [-0.15, -0.1) is 11.3 Å². The third-order valence-electron chi connectivity index (χ3n) is 3.24. The lowest BCUT2D eigenvalue weighted by molar-refractivity contribution is 0.102. The number of nitrogens with zero attached hydrogens (tertiary/aromatic N) is 2. The standard InChI is InChI=1S/C16H14FN3OS/c1-10-8-11(5-6-13(10)17)18-16(21)12-9-20(2)19-15(12)14-4-3-7-22-14/h3-9H,1-2H3,(H,18,21). The monoisotopic (exact) mass is 315 g/mol. The van der Waals surface area contributed by atoms with Gasteiger partial charge in [0.1, 0.15) is 11.5 Å². The molecule has 22 heavy (non-hydrogen) atoms. The van der Waals surface area contributed by atoms with Crippen LogP contribution in [0.2, 0.25) is 0 Å². The van der Waals surface area contributed by atoms with Crippen LogP contribution in [0.3, 0.4) is 0 Å². The molecule has 1 amide bonds. The Morgan fingerprint density at radius 2 is 2.18 bits per heavy atom. The summed E-state index contributed by atoms with van der Waals surface area (Å²) in [5.41, 5.74) is 2.19. The molecule has 0 fully saturated rings. The van der Waals surface area contributed by atoms with Crippen molar-refractivity contribution in [3.05, 3.63) is 58.9 Å². The van der Waals surface area contributed by atoms with Gasteiger partial charge in [-0.05, 0) is 42.1 Å². The van der Waals surface area contributed by atoms with Crippen LogP contribution in [0.1, 0.15) is 15.9 Å². The molecule has 0 radical (unpaired) electrons. The predicted molar refractivity (Wildman–Crippen MR) is 85.6 cm³/mol. The first kappa shape index (κ1) is 14.5. The molecule has 3 aromatic rings. The summed E-state index contributed by atoms with van der Waals surface area (Å²) in [7, 11) is 1.77. The molecule has 1 aromatic carbocycles. The van der Waals surface area contributed by atoms with Gasteiger partial charge in [0.2, 0.25) is 0 Å². The Morgan fingerprint density at radius 1 is 1.36 bits per heavy atom. The molecule has 6 heteroatoms. The van der Waals surface area contributed by atoms with Gasteiger partial charge in [-0.3, -0.25) is 9.48 Å². The predicted octanol–water partition coefficient (Wildman–Crippen LogP) is 3.85. The van der Waals surface area contributed by atoms with Crippen molar-refractivity contribution in [1.82, 2.24) is 9.78 Å². The number of thiophene rings is 1. The Labute approximate surface area is 131 Å². The normalized spacial score (nSPS) is 10.7. The van der Waals surface area contributed by atoms with E-state index in [1.165, 1.54) is 17.4 Å². The molecule has 4 nitrogen and oxygen atoms in total. The van der Waals surface area contributed by atoms with Gasteiger partial charge in [-0.2, -0.15) is 5.10 Å². The quantitative estimate of drug-likeness (QED) is 0.798. The molecule has 0 saturated heterocycles. The molecule has 0 saturated carbocycles. The molecule has 0 unspecified atom stereocenters. The van der Waals surface area contributed by atoms with Crippen molar-refractivity contribution in [3.8, 4) is 10.6 Å². The third kappa shape index (κ3) is 2.78. The molecule has 0 aliphatic heterocycles. The zero-order chi connectivity index (χ0) is 15.7. The highest BCUT2D eigenvalue weighted by molar-refractivity contribution is 7.13. The number of nitrogens with one attached hydrogen (secondary N) is 1. The molecule has 0 bridgehead atoms. The van der Waals surface area contributed by atoms with E-state index in [1.807, 2.05) is 17.5 Å². The Bertz CT molecular complexity index is 824. The number of hydrogen-bond donors (Lipinski definition) is 1. The highest BCUT2D eigenvalue weighted by Crippen LogP contribution is 2.27. The Morgan fingerprint density at radius 3 is 2.86 bits per heavy atom. The number of carbonyl (C=O) groups excluding carboxylic acids is 1. The topological polar surface area (TPSA) is 46.9 Å². The molecule has 0 atom stereocenters. The van der Waals surface area contributed by atoms with Crippen LogP contribution < -0.4 is 5.32 Å². The number of anilines is 1. The van der Waals surface area contributed by atoms with Crippen molar-refractivity contribution in [2.75, 3.05) is 5.32 Å². The number of aromatic nitrogens is 2. The van der Waals surface area contributed by atoms with Gasteiger partial charge < -0.3 is 5.32 Å². The van der Waals surface area contributed by atoms with E-state index >= 15 is 0 Å². The van der Waals surface area contributed by atoms with Crippen LogP contribution in [0.4, 0.5) is 10.1 Å². The molecule has 2 heterocycles. The van der Waals surface area contributed by atoms with Gasteiger partial charge in [0.25, 0.3) is 5.91 Å². The maximum Gasteiger partial charge on any atom is 0.259 e. The number of aryl methyl sites for hydroxylation is 2. The van der Waals surface area contributed by atoms with E-state index in [1.54, 1.807) is 37.0 Å². The van der Waals surface area contributed by atoms with Crippen molar-refractivity contribution in [2.24, 2.45) is 7.05 Å². The van der Waals surface area contributed by atoms with Crippen molar-refractivity contribution >= 4 is 22.9 Å². The van der Waals surface area contributed by atoms with E-state index in [-0.39, 0.29) is 11.7 Å². The zero-order valence-electron chi connectivity index (χ0n) is 12.1. The molecule has 1 N–H and O–H groups in total. The number of carbonyl (C=O) groups is 1. The lowest BCUT2D eigenvalue weighted by Crippen LogP contribution is -2.12. The molecule has 0 aliphatic carbocycles. The first-order valence-electron chi connectivity index (χ1n) is 6.69. The summed E-state index contributed by atoms with van der Waals surface area (Å²) < 4.78 is 14.9. The van der Waals surface area contributed by atoms with Crippen molar-refractivity contribution in [2.45, 2.75) is 6.92 Å². The van der Waals surface area contributed by atoms with Crippen LogP contribution >= 0.6 is 11.3 Å². The molecule has 0 spiro atoms. The molecule has 2 aromatic heterocycles. The minimum atomic E-state index is -0.293. The second-order valence-corrected chi connectivity index (χ2v) is 5.91. The van der Waals surface area contributed by atoms with Crippen LogP contribution in [-0.4, -0.2) is 15.7 Å². The number of benzene rings is 1. The SMILES string of the molecule is Cc1cc(NC(=O)c2cn(C)nc2-c2cccs2)ccc1F. The van der Waals surface area contributed by atoms with Crippen molar-refractivity contribution in [1.29, 1.82) is 0 Å². The highest BCUT2D eigenvalue weighted by atomic mass is 32.1. The Hall–Kier alpha value is -2.47. The number of rotatable bonds is 3. The molecular weight excluding hydrogens is 301 g/mol. The fourth-order valence-corrected chi connectivity index (χ4v) is 2.89. The van der Waals surface area contributed by atoms with E-state index in [2.05, 4.69) is 10.4 Å². The van der Waals surface area contributed by atoms with Crippen LogP contribution in [0.25, 0.3) is 10.6 Å². The summed E-state index contributed by atoms with van der Waals surface area (Å²) >= 11 is 1.53. The zero-order valence-corrected chi connectivity index (χ0v) is 12.9. The van der Waals surface area contributed by atoms with Crippen LogP contribution in [-0.2, 0) is 7.05 Å². The van der Waals surface area contributed by atoms with E-state index in [9.17, 15) is 9.18 Å². The third-order valence-corrected chi connectivity index (χ3v) is 4.12. The molecular formula is C16H14FN3OS. The van der Waals surface area contributed by atoms with E-state index in [0.717, 1.165) is 4.88 Å². The summed E-state index contributed by atoms with van der Waals surface area (Å²) in [6.45, 7) is 1.66. The minimum Gasteiger partial charge on any atom is -0.322 e. The van der Waals surface area contributed by atoms with Crippen LogP contribution in [0.5, 0.6) is 0 Å². The van der Waals surface area contributed by atoms with Gasteiger partial charge in [0.05, 0.1) is 10.4 Å². The van der Waals surface area contributed by atoms with E-state index < -0.39 is 0 Å². The number of halogens is 1. The van der Waals surface area contributed by atoms with E-state index in [4.69, 9.17) is 0 Å². The first-order valence-corrected chi connectivity index (χ1v) is 7.57. The van der Waals surface area contributed by atoms with Gasteiger partial charge in [-0.1, -0.05) is 6.07 Å². The van der Waals surface area contributed by atoms with Gasteiger partial charge in [0.15, 0.2) is 0 Å². The van der Waals surface area contributed by atoms with Gasteiger partial charge in [-0.25, -0.2) is 4.39 Å². The maximum atomic E-state index is 13.3. The van der Waals surface area contributed by atoms with Crippen LogP contribution in [0.15, 0.2) is 41.9 Å². The fourth-order valence-electron chi connectivity index (χ4n) is 2.17. The first-order chi connectivity index (χ1) is 10.5. The van der Waals surface area contributed by atoms with Gasteiger partial charge in [0, 0.05) is 18.9 Å². The minimum absolute atomic E-state index is 0.262. The smallest absolute Gasteiger partial charge is 0.259 e. The number of amides is 1. The second kappa shape index (κ2) is 5.73. The lowest BCUT2D eigenvalue weighted by atomic mass is 10.2. The summed E-state index contributed by atoms with van der Waals surface area (Å²) in [6.07, 6.45) is 1.68. The van der Waals surface area contributed by atoms with Crippen molar-refractivity contribution in [3.63, 3.8) is 0 Å². The lowest BCUT2D eigenvalue weighted by Gasteiger charge is -2.06. The summed E-state index contributed by atoms with van der Waals surface area (Å²) in [6, 6.07) is 8.33. The Balaban J connectivity index is 1.91. The molecule has 112 valence electrons. The number of hydrogen-bond acceptors (Lipinski definition) is 3. The summed E-state index contributed by atoms with van der Waals surface area (Å²) in [4.78, 5) is 13.4. The average Bonchev–Trinajstić information content (AvgIpc) is 3.11. The largest absolute Gasteiger partial charge is 0.322 e. The summed E-state index contributed by atoms with van der Waals surface area (Å²) in [5, 5.41) is 9.08. The fraction of sp³-hybridized carbons (Fsp3) is 0.125. The summed E-state index contributed by atoms with van der Waals surface area (Å²) in [5.74, 6) is -0.554. The van der Waals surface area contributed by atoms with Crippen molar-refractivity contribution < 1.29 is 9.18 Å².